The quantitative estimate of drug-likeness (QED) is 0.722. The number of halogens is 2. The van der Waals surface area contributed by atoms with E-state index in [2.05, 4.69) is 0 Å². The van der Waals surface area contributed by atoms with Crippen LogP contribution in [0.2, 0.25) is 10.0 Å². The van der Waals surface area contributed by atoms with E-state index in [9.17, 15) is 4.79 Å². The van der Waals surface area contributed by atoms with E-state index in [0.29, 0.717) is 14.9 Å². The fourth-order valence-corrected chi connectivity index (χ4v) is 2.57. The van der Waals surface area contributed by atoms with Crippen molar-refractivity contribution in [1.29, 1.82) is 0 Å². The van der Waals surface area contributed by atoms with E-state index >= 15 is 0 Å². The summed E-state index contributed by atoms with van der Waals surface area (Å²) in [6.07, 6.45) is 0.826. The van der Waals surface area contributed by atoms with Crippen LogP contribution in [0.1, 0.15) is 9.67 Å². The van der Waals surface area contributed by atoms with E-state index in [1.807, 2.05) is 18.2 Å². The maximum atomic E-state index is 10.6. The zero-order chi connectivity index (χ0) is 10.8. The molecule has 0 atom stereocenters. The van der Waals surface area contributed by atoms with Gasteiger partial charge >= 0.3 is 0 Å². The van der Waals surface area contributed by atoms with Crippen LogP contribution in [0.15, 0.2) is 30.3 Å². The van der Waals surface area contributed by atoms with Gasteiger partial charge in [0.2, 0.25) is 0 Å². The lowest BCUT2D eigenvalue weighted by Gasteiger charge is -2.02. The highest BCUT2D eigenvalue weighted by Crippen LogP contribution is 2.36. The molecule has 15 heavy (non-hydrogen) atoms. The van der Waals surface area contributed by atoms with E-state index in [-0.39, 0.29) is 0 Å². The van der Waals surface area contributed by atoms with Crippen molar-refractivity contribution in [3.63, 3.8) is 0 Å². The first kappa shape index (κ1) is 10.7. The molecule has 1 aromatic heterocycles. The molecule has 0 aliphatic rings. The van der Waals surface area contributed by atoms with Gasteiger partial charge in [0.05, 0.1) is 14.9 Å². The first-order valence-corrected chi connectivity index (χ1v) is 5.79. The molecule has 0 unspecified atom stereocenters. The summed E-state index contributed by atoms with van der Waals surface area (Å²) < 4.78 is 0. The monoisotopic (exact) mass is 256 g/mol. The molecule has 2 rings (SSSR count). The lowest BCUT2D eigenvalue weighted by molar-refractivity contribution is 0.112. The summed E-state index contributed by atoms with van der Waals surface area (Å²) in [6, 6.07) is 9.09. The molecule has 0 saturated carbocycles. The van der Waals surface area contributed by atoms with Crippen LogP contribution >= 0.6 is 34.5 Å². The predicted molar refractivity (Wildman–Crippen MR) is 65.2 cm³/mol. The van der Waals surface area contributed by atoms with E-state index in [4.69, 9.17) is 23.2 Å². The molecule has 0 aliphatic heterocycles. The van der Waals surface area contributed by atoms with E-state index in [1.54, 1.807) is 12.1 Å². The predicted octanol–water partition coefficient (Wildman–Crippen LogP) is 4.53. The van der Waals surface area contributed by atoms with Crippen molar-refractivity contribution in [2.75, 3.05) is 0 Å². The van der Waals surface area contributed by atoms with Crippen molar-refractivity contribution < 1.29 is 4.79 Å². The SMILES string of the molecule is O=Cc1ccc(-c2cccc(Cl)c2Cl)s1. The second-order valence-corrected chi connectivity index (χ2v) is 4.82. The maximum Gasteiger partial charge on any atom is 0.160 e. The van der Waals surface area contributed by atoms with E-state index in [1.165, 1.54) is 11.3 Å². The van der Waals surface area contributed by atoms with Gasteiger partial charge in [0.15, 0.2) is 6.29 Å². The third-order valence-corrected chi connectivity index (χ3v) is 3.82. The molecule has 0 bridgehead atoms. The average Bonchev–Trinajstić information content (AvgIpc) is 2.70. The van der Waals surface area contributed by atoms with Crippen molar-refractivity contribution in [3.8, 4) is 10.4 Å². The Balaban J connectivity index is 2.53. The van der Waals surface area contributed by atoms with Crippen molar-refractivity contribution in [1.82, 2.24) is 0 Å². The van der Waals surface area contributed by atoms with E-state index in [0.717, 1.165) is 16.7 Å². The van der Waals surface area contributed by atoms with Gasteiger partial charge in [0, 0.05) is 10.4 Å². The number of carbonyl (C=O) groups is 1. The Morgan fingerprint density at radius 2 is 1.93 bits per heavy atom. The molecule has 0 amide bonds. The molecule has 4 heteroatoms. The number of thiophene rings is 1. The second kappa shape index (κ2) is 4.35. The molecule has 0 saturated heterocycles. The highest BCUT2D eigenvalue weighted by Gasteiger charge is 2.08. The molecule has 76 valence electrons. The van der Waals surface area contributed by atoms with Gasteiger partial charge in [-0.1, -0.05) is 35.3 Å². The number of benzene rings is 1. The molecule has 0 radical (unpaired) electrons. The Morgan fingerprint density at radius 1 is 1.13 bits per heavy atom. The molecule has 1 aromatic carbocycles. The van der Waals surface area contributed by atoms with Crippen LogP contribution < -0.4 is 0 Å². The van der Waals surface area contributed by atoms with Crippen molar-refractivity contribution >= 4 is 40.8 Å². The first-order valence-electron chi connectivity index (χ1n) is 4.22. The minimum Gasteiger partial charge on any atom is -0.297 e. The highest BCUT2D eigenvalue weighted by atomic mass is 35.5. The smallest absolute Gasteiger partial charge is 0.160 e. The van der Waals surface area contributed by atoms with E-state index < -0.39 is 0 Å². The van der Waals surface area contributed by atoms with Crippen LogP contribution in [-0.2, 0) is 0 Å². The topological polar surface area (TPSA) is 17.1 Å². The van der Waals surface area contributed by atoms with Crippen molar-refractivity contribution in [2.24, 2.45) is 0 Å². The second-order valence-electron chi connectivity index (χ2n) is 2.92. The Labute approximate surface area is 101 Å². The fourth-order valence-electron chi connectivity index (χ4n) is 1.26. The van der Waals surface area contributed by atoms with Crippen molar-refractivity contribution in [2.45, 2.75) is 0 Å². The molecule has 0 aliphatic carbocycles. The molecule has 0 fully saturated rings. The third-order valence-electron chi connectivity index (χ3n) is 1.96. The molecule has 1 nitrogen and oxygen atoms in total. The Bertz CT molecular complexity index is 505. The van der Waals surface area contributed by atoms with Gasteiger partial charge < -0.3 is 0 Å². The normalized spacial score (nSPS) is 10.3. The summed E-state index contributed by atoms with van der Waals surface area (Å²) in [7, 11) is 0. The molecular formula is C11H6Cl2OS. The van der Waals surface area contributed by atoms with Crippen molar-refractivity contribution in [3.05, 3.63) is 45.3 Å². The number of hydrogen-bond acceptors (Lipinski definition) is 2. The molecule has 2 aromatic rings. The van der Waals surface area contributed by atoms with Gasteiger partial charge in [-0.25, -0.2) is 0 Å². The maximum absolute atomic E-state index is 10.6. The molecular weight excluding hydrogens is 251 g/mol. The van der Waals surface area contributed by atoms with Gasteiger partial charge in [-0.05, 0) is 18.2 Å². The van der Waals surface area contributed by atoms with Crippen LogP contribution in [0.5, 0.6) is 0 Å². The van der Waals surface area contributed by atoms with Gasteiger partial charge in [-0.2, -0.15) is 0 Å². The summed E-state index contributed by atoms with van der Waals surface area (Å²) >= 11 is 13.4. The summed E-state index contributed by atoms with van der Waals surface area (Å²) in [5.41, 5.74) is 0.863. The lowest BCUT2D eigenvalue weighted by atomic mass is 10.2. The van der Waals surface area contributed by atoms with Crippen LogP contribution in [0.25, 0.3) is 10.4 Å². The summed E-state index contributed by atoms with van der Waals surface area (Å²) in [5.74, 6) is 0. The number of hydrogen-bond donors (Lipinski definition) is 0. The molecule has 0 N–H and O–H groups in total. The zero-order valence-electron chi connectivity index (χ0n) is 7.54. The first-order chi connectivity index (χ1) is 7.22. The number of carbonyl (C=O) groups excluding carboxylic acids is 1. The Kier molecular flexibility index (Phi) is 3.10. The van der Waals surface area contributed by atoms with Gasteiger partial charge in [-0.15, -0.1) is 11.3 Å². The largest absolute Gasteiger partial charge is 0.297 e. The lowest BCUT2D eigenvalue weighted by Crippen LogP contribution is -1.75. The summed E-state index contributed by atoms with van der Waals surface area (Å²) in [5, 5.41) is 1.05. The Morgan fingerprint density at radius 3 is 2.60 bits per heavy atom. The minimum absolute atomic E-state index is 0.523. The standard InChI is InChI=1S/C11H6Cl2OS/c12-9-3-1-2-8(11(9)13)10-5-4-7(6-14)15-10/h1-6H. The van der Waals surface area contributed by atoms with Crippen LogP contribution in [-0.4, -0.2) is 6.29 Å². The van der Waals surface area contributed by atoms with Gasteiger partial charge in [-0.3, -0.25) is 4.79 Å². The number of rotatable bonds is 2. The molecule has 0 spiro atoms. The summed E-state index contributed by atoms with van der Waals surface area (Å²) in [6.45, 7) is 0. The number of aldehydes is 1. The Hall–Kier alpha value is -0.830. The van der Waals surface area contributed by atoms with Crippen LogP contribution in [0.4, 0.5) is 0 Å². The fraction of sp³-hybridized carbons (Fsp3) is 0. The summed E-state index contributed by atoms with van der Waals surface area (Å²) in [4.78, 5) is 12.2. The highest BCUT2D eigenvalue weighted by molar-refractivity contribution is 7.17. The average molecular weight is 257 g/mol. The van der Waals surface area contributed by atoms with Crippen LogP contribution in [0, 0.1) is 0 Å². The van der Waals surface area contributed by atoms with Crippen LogP contribution in [0.3, 0.4) is 0 Å². The minimum atomic E-state index is 0.523. The van der Waals surface area contributed by atoms with Gasteiger partial charge in [0.25, 0.3) is 0 Å². The van der Waals surface area contributed by atoms with Gasteiger partial charge in [0.1, 0.15) is 0 Å². The molecule has 1 heterocycles. The zero-order valence-corrected chi connectivity index (χ0v) is 9.86. The third kappa shape index (κ3) is 2.07.